The fraction of sp³-hybridized carbons (Fsp3) is 0.727. The zero-order valence-electron chi connectivity index (χ0n) is 9.86. The number of nitriles is 1. The molecule has 0 aliphatic carbocycles. The maximum atomic E-state index is 11.4. The summed E-state index contributed by atoms with van der Waals surface area (Å²) in [5, 5.41) is 19.9. The van der Waals surface area contributed by atoms with Gasteiger partial charge in [0.1, 0.15) is 6.04 Å². The second-order valence-electron chi connectivity index (χ2n) is 4.32. The molecule has 5 nitrogen and oxygen atoms in total. The van der Waals surface area contributed by atoms with Crippen LogP contribution in [0.5, 0.6) is 0 Å². The first-order valence-corrected chi connectivity index (χ1v) is 5.27. The lowest BCUT2D eigenvalue weighted by Gasteiger charge is -2.19. The van der Waals surface area contributed by atoms with Crippen LogP contribution in [0.25, 0.3) is 0 Å². The van der Waals surface area contributed by atoms with Gasteiger partial charge in [-0.2, -0.15) is 5.26 Å². The Labute approximate surface area is 95.4 Å². The van der Waals surface area contributed by atoms with Crippen molar-refractivity contribution in [1.82, 2.24) is 5.32 Å². The van der Waals surface area contributed by atoms with E-state index in [1.165, 1.54) is 0 Å². The summed E-state index contributed by atoms with van der Waals surface area (Å²) in [4.78, 5) is 22.3. The molecule has 16 heavy (non-hydrogen) atoms. The molecule has 0 aliphatic heterocycles. The van der Waals surface area contributed by atoms with Crippen LogP contribution in [0.2, 0.25) is 0 Å². The molecule has 0 spiro atoms. The number of hydrogen-bond donors (Lipinski definition) is 2. The Kier molecular flexibility index (Phi) is 6.16. The molecule has 2 atom stereocenters. The number of hydrogen-bond acceptors (Lipinski definition) is 3. The molecule has 5 heteroatoms. The first-order chi connectivity index (χ1) is 7.38. The average Bonchev–Trinajstić information content (AvgIpc) is 2.12. The Morgan fingerprint density at radius 1 is 1.38 bits per heavy atom. The second kappa shape index (κ2) is 6.83. The van der Waals surface area contributed by atoms with Gasteiger partial charge in [-0.3, -0.25) is 4.79 Å². The number of nitrogens with zero attached hydrogens (tertiary/aromatic N) is 1. The number of carboxylic acids is 1. The lowest BCUT2D eigenvalue weighted by atomic mass is 9.98. The Balaban J connectivity index is 4.40. The minimum atomic E-state index is -1.10. The van der Waals surface area contributed by atoms with Crippen molar-refractivity contribution < 1.29 is 14.7 Å². The van der Waals surface area contributed by atoms with Gasteiger partial charge in [0.15, 0.2) is 0 Å². The molecule has 90 valence electrons. The van der Waals surface area contributed by atoms with E-state index in [4.69, 9.17) is 10.4 Å². The van der Waals surface area contributed by atoms with Gasteiger partial charge in [-0.05, 0) is 5.92 Å². The van der Waals surface area contributed by atoms with E-state index in [0.717, 1.165) is 0 Å². The largest absolute Gasteiger partial charge is 0.480 e. The summed E-state index contributed by atoms with van der Waals surface area (Å²) in [6.07, 6.45) is 0.405. The topological polar surface area (TPSA) is 90.2 Å². The molecular formula is C11H18N2O3. The molecule has 0 unspecified atom stereocenters. The molecule has 0 rings (SSSR count). The zero-order valence-corrected chi connectivity index (χ0v) is 9.86. The standard InChI is InChI=1S/C11H18N2O3/c1-7(2)6-9(14)13-10(11(15)16)8(3)4-5-12/h7-8,10H,4,6H2,1-3H3,(H,13,14)(H,15,16)/t8-,10+/m1/s1. The van der Waals surface area contributed by atoms with Gasteiger partial charge in [-0.1, -0.05) is 20.8 Å². The van der Waals surface area contributed by atoms with Crippen molar-refractivity contribution in [3.8, 4) is 6.07 Å². The van der Waals surface area contributed by atoms with Gasteiger partial charge in [-0.15, -0.1) is 0 Å². The lowest BCUT2D eigenvalue weighted by Crippen LogP contribution is -2.45. The molecule has 0 aromatic rings. The Morgan fingerprint density at radius 3 is 2.31 bits per heavy atom. The predicted molar refractivity (Wildman–Crippen MR) is 58.4 cm³/mol. The van der Waals surface area contributed by atoms with Crippen molar-refractivity contribution in [2.75, 3.05) is 0 Å². The fourth-order valence-electron chi connectivity index (χ4n) is 1.31. The van der Waals surface area contributed by atoms with Crippen molar-refractivity contribution in [3.05, 3.63) is 0 Å². The van der Waals surface area contributed by atoms with Gasteiger partial charge in [0.2, 0.25) is 5.91 Å². The van der Waals surface area contributed by atoms with Crippen LogP contribution in [0.4, 0.5) is 0 Å². The van der Waals surface area contributed by atoms with E-state index in [1.54, 1.807) is 6.92 Å². The van der Waals surface area contributed by atoms with Crippen molar-refractivity contribution in [1.29, 1.82) is 5.26 Å². The SMILES string of the molecule is CC(C)CC(=O)N[C@H](C(=O)O)[C@H](C)CC#N. The maximum Gasteiger partial charge on any atom is 0.326 e. The number of aliphatic carboxylic acids is 1. The number of carbonyl (C=O) groups is 2. The third-order valence-corrected chi connectivity index (χ3v) is 2.16. The number of carboxylic acid groups (broad SMARTS) is 1. The van der Waals surface area contributed by atoms with Crippen LogP contribution < -0.4 is 5.32 Å². The summed E-state index contributed by atoms with van der Waals surface area (Å²) in [7, 11) is 0. The summed E-state index contributed by atoms with van der Waals surface area (Å²) in [5.41, 5.74) is 0. The first kappa shape index (κ1) is 14.4. The molecule has 0 aliphatic rings. The van der Waals surface area contributed by atoms with Crippen molar-refractivity contribution in [2.24, 2.45) is 11.8 Å². The molecule has 0 aromatic heterocycles. The third kappa shape index (κ3) is 5.35. The van der Waals surface area contributed by atoms with Crippen molar-refractivity contribution >= 4 is 11.9 Å². The quantitative estimate of drug-likeness (QED) is 0.710. The molecule has 0 saturated carbocycles. The average molecular weight is 226 g/mol. The summed E-state index contributed by atoms with van der Waals surface area (Å²) in [5.74, 6) is -1.59. The minimum Gasteiger partial charge on any atom is -0.480 e. The minimum absolute atomic E-state index is 0.110. The van der Waals surface area contributed by atoms with Gasteiger partial charge in [0.25, 0.3) is 0 Å². The first-order valence-electron chi connectivity index (χ1n) is 5.27. The highest BCUT2D eigenvalue weighted by Gasteiger charge is 2.26. The smallest absolute Gasteiger partial charge is 0.326 e. The van der Waals surface area contributed by atoms with E-state index in [9.17, 15) is 9.59 Å². The van der Waals surface area contributed by atoms with Gasteiger partial charge in [0.05, 0.1) is 6.07 Å². The second-order valence-corrected chi connectivity index (χ2v) is 4.32. The van der Waals surface area contributed by atoms with Gasteiger partial charge >= 0.3 is 5.97 Å². The van der Waals surface area contributed by atoms with E-state index in [2.05, 4.69) is 5.32 Å². The summed E-state index contributed by atoms with van der Waals surface area (Å²) < 4.78 is 0. The third-order valence-electron chi connectivity index (χ3n) is 2.16. The number of rotatable bonds is 6. The van der Waals surface area contributed by atoms with Crippen LogP contribution in [0.1, 0.15) is 33.6 Å². The fourth-order valence-corrected chi connectivity index (χ4v) is 1.31. The Morgan fingerprint density at radius 2 is 1.94 bits per heavy atom. The van der Waals surface area contributed by atoms with Crippen LogP contribution in [-0.2, 0) is 9.59 Å². The van der Waals surface area contributed by atoms with Crippen LogP contribution in [0.15, 0.2) is 0 Å². The highest BCUT2D eigenvalue weighted by atomic mass is 16.4. The van der Waals surface area contributed by atoms with Gasteiger partial charge in [-0.25, -0.2) is 4.79 Å². The van der Waals surface area contributed by atoms with Crippen LogP contribution in [0, 0.1) is 23.2 Å². The molecule has 0 aromatic carbocycles. The molecule has 0 fully saturated rings. The normalized spacial score (nSPS) is 13.9. The van der Waals surface area contributed by atoms with E-state index in [-0.39, 0.29) is 18.2 Å². The van der Waals surface area contributed by atoms with Crippen LogP contribution >= 0.6 is 0 Å². The zero-order chi connectivity index (χ0) is 12.7. The molecule has 2 N–H and O–H groups in total. The Hall–Kier alpha value is -1.57. The van der Waals surface area contributed by atoms with E-state index >= 15 is 0 Å². The van der Waals surface area contributed by atoms with Crippen molar-refractivity contribution in [2.45, 2.75) is 39.7 Å². The summed E-state index contributed by atoms with van der Waals surface area (Å²) >= 11 is 0. The number of nitrogens with one attached hydrogen (secondary N) is 1. The Bertz CT molecular complexity index is 294. The van der Waals surface area contributed by atoms with Gasteiger partial charge in [0, 0.05) is 18.8 Å². The highest BCUT2D eigenvalue weighted by molar-refractivity contribution is 5.83. The summed E-state index contributed by atoms with van der Waals surface area (Å²) in [6, 6.07) is 0.922. The molecule has 1 amide bonds. The van der Waals surface area contributed by atoms with Crippen molar-refractivity contribution in [3.63, 3.8) is 0 Å². The monoisotopic (exact) mass is 226 g/mol. The van der Waals surface area contributed by atoms with E-state index < -0.39 is 17.9 Å². The molecule has 0 radical (unpaired) electrons. The molecule has 0 heterocycles. The molecule has 0 saturated heterocycles. The van der Waals surface area contributed by atoms with E-state index in [1.807, 2.05) is 19.9 Å². The van der Waals surface area contributed by atoms with Crippen LogP contribution in [-0.4, -0.2) is 23.0 Å². The number of amides is 1. The number of carbonyl (C=O) groups excluding carboxylic acids is 1. The molecule has 0 bridgehead atoms. The predicted octanol–water partition coefficient (Wildman–Crippen LogP) is 1.15. The van der Waals surface area contributed by atoms with Crippen LogP contribution in [0.3, 0.4) is 0 Å². The summed E-state index contributed by atoms with van der Waals surface area (Å²) in [6.45, 7) is 5.40. The highest BCUT2D eigenvalue weighted by Crippen LogP contribution is 2.09. The molecular weight excluding hydrogens is 208 g/mol. The maximum absolute atomic E-state index is 11.4. The lowest BCUT2D eigenvalue weighted by molar-refractivity contribution is -0.143. The van der Waals surface area contributed by atoms with E-state index in [0.29, 0.717) is 6.42 Å². The van der Waals surface area contributed by atoms with Gasteiger partial charge < -0.3 is 10.4 Å².